The van der Waals surface area contributed by atoms with Gasteiger partial charge in [-0.2, -0.15) is 0 Å². The van der Waals surface area contributed by atoms with E-state index in [0.717, 1.165) is 25.7 Å². The van der Waals surface area contributed by atoms with Crippen LogP contribution in [0.1, 0.15) is 32.1 Å². The molecule has 0 unspecified atom stereocenters. The zero-order chi connectivity index (χ0) is 11.0. The molecule has 2 fully saturated rings. The Bertz CT molecular complexity index is 286. The van der Waals surface area contributed by atoms with Crippen LogP contribution in [0.5, 0.6) is 0 Å². The zero-order valence-electron chi connectivity index (χ0n) is 8.98. The molecular formula is C11H17NO3. The lowest BCUT2D eigenvalue weighted by Gasteiger charge is -2.23. The molecule has 0 radical (unpaired) electrons. The van der Waals surface area contributed by atoms with Crippen LogP contribution in [0.15, 0.2) is 0 Å². The number of carbonyl (C=O) groups excluding carboxylic acids is 1. The maximum Gasteiger partial charge on any atom is 0.307 e. The average molecular weight is 211 g/mol. The van der Waals surface area contributed by atoms with Gasteiger partial charge in [-0.3, -0.25) is 9.59 Å². The molecule has 84 valence electrons. The zero-order valence-corrected chi connectivity index (χ0v) is 8.98. The van der Waals surface area contributed by atoms with E-state index in [-0.39, 0.29) is 11.8 Å². The Morgan fingerprint density at radius 3 is 2.27 bits per heavy atom. The summed E-state index contributed by atoms with van der Waals surface area (Å²) in [5.41, 5.74) is 0. The molecule has 0 aliphatic heterocycles. The number of hydrogen-bond donors (Lipinski definition) is 1. The smallest absolute Gasteiger partial charge is 0.307 e. The molecule has 2 saturated carbocycles. The van der Waals surface area contributed by atoms with Gasteiger partial charge in [0.25, 0.3) is 0 Å². The molecule has 1 N–H and O–H groups in total. The molecule has 0 aromatic heterocycles. The largest absolute Gasteiger partial charge is 0.481 e. The predicted molar refractivity (Wildman–Crippen MR) is 54.3 cm³/mol. The van der Waals surface area contributed by atoms with Crippen LogP contribution >= 0.6 is 0 Å². The minimum absolute atomic E-state index is 0.0439. The Kier molecular flexibility index (Phi) is 2.67. The van der Waals surface area contributed by atoms with Gasteiger partial charge >= 0.3 is 5.97 Å². The van der Waals surface area contributed by atoms with Crippen LogP contribution in [0.25, 0.3) is 0 Å². The van der Waals surface area contributed by atoms with Crippen LogP contribution in [0.3, 0.4) is 0 Å². The number of hydrogen-bond acceptors (Lipinski definition) is 2. The number of carboxylic acid groups (broad SMARTS) is 1. The van der Waals surface area contributed by atoms with Crippen molar-refractivity contribution in [3.63, 3.8) is 0 Å². The van der Waals surface area contributed by atoms with Crippen molar-refractivity contribution >= 4 is 11.9 Å². The number of rotatable bonds is 3. The quantitative estimate of drug-likeness (QED) is 0.760. The van der Waals surface area contributed by atoms with Crippen molar-refractivity contribution in [2.24, 2.45) is 11.8 Å². The van der Waals surface area contributed by atoms with E-state index in [1.54, 1.807) is 11.9 Å². The highest BCUT2D eigenvalue weighted by molar-refractivity contribution is 5.85. The Balaban J connectivity index is 2.01. The fraction of sp³-hybridized carbons (Fsp3) is 0.818. The van der Waals surface area contributed by atoms with Gasteiger partial charge in [-0.15, -0.1) is 0 Å². The molecule has 0 aromatic carbocycles. The fourth-order valence-electron chi connectivity index (χ4n) is 2.45. The van der Waals surface area contributed by atoms with E-state index in [4.69, 9.17) is 5.11 Å². The monoisotopic (exact) mass is 211 g/mol. The van der Waals surface area contributed by atoms with Crippen molar-refractivity contribution in [3.05, 3.63) is 0 Å². The van der Waals surface area contributed by atoms with E-state index >= 15 is 0 Å². The highest BCUT2D eigenvalue weighted by Crippen LogP contribution is 2.35. The van der Waals surface area contributed by atoms with Gasteiger partial charge in [0.15, 0.2) is 0 Å². The molecule has 0 spiro atoms. The minimum Gasteiger partial charge on any atom is -0.481 e. The van der Waals surface area contributed by atoms with Crippen LogP contribution in [0, 0.1) is 11.8 Å². The van der Waals surface area contributed by atoms with Crippen molar-refractivity contribution in [1.82, 2.24) is 4.90 Å². The maximum atomic E-state index is 12.0. The number of carbonyl (C=O) groups is 2. The summed E-state index contributed by atoms with van der Waals surface area (Å²) in [7, 11) is 1.80. The van der Waals surface area contributed by atoms with Gasteiger partial charge in [-0.1, -0.05) is 6.42 Å². The average Bonchev–Trinajstić information content (AvgIpc) is 2.92. The van der Waals surface area contributed by atoms with Gasteiger partial charge in [0.2, 0.25) is 5.91 Å². The summed E-state index contributed by atoms with van der Waals surface area (Å²) in [4.78, 5) is 24.7. The Morgan fingerprint density at radius 2 is 1.73 bits per heavy atom. The first-order chi connectivity index (χ1) is 7.11. The summed E-state index contributed by atoms with van der Waals surface area (Å²) in [6.45, 7) is 0. The van der Waals surface area contributed by atoms with Crippen LogP contribution in [-0.4, -0.2) is 35.0 Å². The summed E-state index contributed by atoms with van der Waals surface area (Å²) >= 11 is 0. The van der Waals surface area contributed by atoms with Crippen molar-refractivity contribution in [1.29, 1.82) is 0 Å². The third-order valence-corrected chi connectivity index (χ3v) is 3.59. The molecule has 2 aliphatic carbocycles. The van der Waals surface area contributed by atoms with Crippen molar-refractivity contribution in [2.75, 3.05) is 7.05 Å². The summed E-state index contributed by atoms with van der Waals surface area (Å²) in [6, 6.07) is 0.382. The first kappa shape index (κ1) is 10.5. The number of amides is 1. The highest BCUT2D eigenvalue weighted by atomic mass is 16.4. The maximum absolute atomic E-state index is 12.0. The van der Waals surface area contributed by atoms with Gasteiger partial charge in [-0.05, 0) is 25.7 Å². The lowest BCUT2D eigenvalue weighted by Crippen LogP contribution is -2.37. The molecule has 4 nitrogen and oxygen atoms in total. The highest BCUT2D eigenvalue weighted by Gasteiger charge is 2.41. The topological polar surface area (TPSA) is 57.6 Å². The van der Waals surface area contributed by atoms with Crippen molar-refractivity contribution in [2.45, 2.75) is 38.1 Å². The number of aliphatic carboxylic acids is 1. The summed E-state index contributed by atoms with van der Waals surface area (Å²) < 4.78 is 0. The molecule has 2 aliphatic rings. The van der Waals surface area contributed by atoms with Gasteiger partial charge in [0.1, 0.15) is 0 Å². The van der Waals surface area contributed by atoms with Crippen molar-refractivity contribution < 1.29 is 14.7 Å². The van der Waals surface area contributed by atoms with Gasteiger partial charge in [0, 0.05) is 13.1 Å². The van der Waals surface area contributed by atoms with E-state index in [1.165, 1.54) is 0 Å². The Labute approximate surface area is 89.3 Å². The SMILES string of the molecule is CN(C(=O)[C@@H]1CCC[C@@H]1C(=O)O)C1CC1. The van der Waals surface area contributed by atoms with E-state index in [1.807, 2.05) is 0 Å². The lowest BCUT2D eigenvalue weighted by molar-refractivity contribution is -0.148. The molecule has 4 heteroatoms. The normalized spacial score (nSPS) is 30.2. The van der Waals surface area contributed by atoms with E-state index in [2.05, 4.69) is 0 Å². The van der Waals surface area contributed by atoms with Crippen molar-refractivity contribution in [3.8, 4) is 0 Å². The Hall–Kier alpha value is -1.06. The van der Waals surface area contributed by atoms with Crippen LogP contribution < -0.4 is 0 Å². The standard InChI is InChI=1S/C11H17NO3/c1-12(7-5-6-7)10(13)8-3-2-4-9(8)11(14)15/h7-9H,2-6H2,1H3,(H,14,15)/t8-,9+/m1/s1. The molecular weight excluding hydrogens is 194 g/mol. The molecule has 2 rings (SSSR count). The van der Waals surface area contributed by atoms with Crippen LogP contribution in [0.2, 0.25) is 0 Å². The van der Waals surface area contributed by atoms with Crippen LogP contribution in [-0.2, 0) is 9.59 Å². The Morgan fingerprint density at radius 1 is 1.13 bits per heavy atom. The molecule has 0 aromatic rings. The molecule has 15 heavy (non-hydrogen) atoms. The number of nitrogens with zero attached hydrogens (tertiary/aromatic N) is 1. The first-order valence-electron chi connectivity index (χ1n) is 5.60. The van der Waals surface area contributed by atoms with Gasteiger partial charge < -0.3 is 10.0 Å². The molecule has 0 saturated heterocycles. The molecule has 0 heterocycles. The number of carboxylic acids is 1. The van der Waals surface area contributed by atoms with E-state index in [9.17, 15) is 9.59 Å². The van der Waals surface area contributed by atoms with E-state index in [0.29, 0.717) is 12.5 Å². The second-order valence-electron chi connectivity index (χ2n) is 4.66. The summed E-state index contributed by atoms with van der Waals surface area (Å²) in [5.74, 6) is -1.48. The minimum atomic E-state index is -0.810. The predicted octanol–water partition coefficient (Wildman–Crippen LogP) is 1.11. The molecule has 0 bridgehead atoms. The third kappa shape index (κ3) is 1.98. The van der Waals surface area contributed by atoms with Gasteiger partial charge in [0.05, 0.1) is 11.8 Å². The lowest BCUT2D eigenvalue weighted by atomic mass is 9.95. The second-order valence-corrected chi connectivity index (χ2v) is 4.66. The summed E-state index contributed by atoms with van der Waals surface area (Å²) in [5, 5.41) is 9.00. The first-order valence-corrected chi connectivity index (χ1v) is 5.60. The second kappa shape index (κ2) is 3.83. The van der Waals surface area contributed by atoms with E-state index < -0.39 is 11.9 Å². The van der Waals surface area contributed by atoms with Crippen LogP contribution in [0.4, 0.5) is 0 Å². The third-order valence-electron chi connectivity index (χ3n) is 3.59. The molecule has 2 atom stereocenters. The molecule has 1 amide bonds. The van der Waals surface area contributed by atoms with Gasteiger partial charge in [-0.25, -0.2) is 0 Å². The summed E-state index contributed by atoms with van der Waals surface area (Å²) in [6.07, 6.45) is 4.42. The fourth-order valence-corrected chi connectivity index (χ4v) is 2.45.